The molecule has 7 rings (SSSR count). The van der Waals surface area contributed by atoms with Crippen molar-refractivity contribution in [3.05, 3.63) is 0 Å². The van der Waals surface area contributed by atoms with Gasteiger partial charge in [0.05, 0.1) is 43.2 Å². The molecule has 2 heterocycles. The van der Waals surface area contributed by atoms with E-state index in [0.717, 1.165) is 32.1 Å². The minimum atomic E-state index is -1.25. The van der Waals surface area contributed by atoms with Crippen molar-refractivity contribution >= 4 is 5.91 Å². The molecule has 4 unspecified atom stereocenters. The Bertz CT molecular complexity index is 1190. The molecular weight excluding hydrogens is 570 g/mol. The number of aliphatic hydroxyl groups is 3. The predicted octanol–water partition coefficient (Wildman–Crippen LogP) is 4.91. The fourth-order valence-corrected chi connectivity index (χ4v) is 13.5. The molecule has 2 aliphatic heterocycles. The quantitative estimate of drug-likeness (QED) is 0.396. The summed E-state index contributed by atoms with van der Waals surface area (Å²) >= 11 is 0. The van der Waals surface area contributed by atoms with Crippen molar-refractivity contribution in [1.82, 2.24) is 4.90 Å². The molecule has 0 aromatic rings. The summed E-state index contributed by atoms with van der Waals surface area (Å²) in [7, 11) is 0. The Kier molecular flexibility index (Phi) is 7.55. The van der Waals surface area contributed by atoms with Crippen LogP contribution in [0, 0.1) is 50.7 Å². The average molecular weight is 632 g/mol. The van der Waals surface area contributed by atoms with E-state index in [1.165, 1.54) is 12.8 Å². The summed E-state index contributed by atoms with van der Waals surface area (Å²) in [6.45, 7) is 18.9. The zero-order valence-corrected chi connectivity index (χ0v) is 29.2. The standard InChI is InChI=1S/C37H61NO7/c1-9-26(39)38-16-17-43-27(19-38)45-25-12-13-36-20-37(36)15-14-34(7)28-21(2)18-22(30(40)33(5,6)42)44-29(28)31(41)35(34,8)24(37)11-10-23(36)32(25,3)4/h21-25,27-31,40-42H,9-20H2,1-8H3/t21-,22?,23+,24?,25?,27+,28+,29?,30+,31+,34-,35-,36-,37+/m1/s1. The van der Waals surface area contributed by atoms with Gasteiger partial charge < -0.3 is 34.4 Å². The van der Waals surface area contributed by atoms with Crippen molar-refractivity contribution in [1.29, 1.82) is 0 Å². The fraction of sp³-hybridized carbons (Fsp3) is 0.973. The third kappa shape index (κ3) is 4.27. The molecule has 0 radical (unpaired) electrons. The summed E-state index contributed by atoms with van der Waals surface area (Å²) in [5, 5.41) is 34.0. The van der Waals surface area contributed by atoms with Crippen LogP contribution in [0.2, 0.25) is 0 Å². The van der Waals surface area contributed by atoms with Gasteiger partial charge in [0.25, 0.3) is 0 Å². The molecule has 256 valence electrons. The van der Waals surface area contributed by atoms with Crippen LogP contribution in [0.15, 0.2) is 0 Å². The maximum absolute atomic E-state index is 12.4. The Hall–Kier alpha value is -0.770. The highest BCUT2D eigenvalue weighted by molar-refractivity contribution is 5.75. The highest BCUT2D eigenvalue weighted by Crippen LogP contribution is 2.89. The summed E-state index contributed by atoms with van der Waals surface area (Å²) in [5.41, 5.74) is -1.02. The SMILES string of the molecule is CCC(=O)N1CCO[C@@H](OC2CC[C@]34C[C@]35CC[C@]3(C)[C@@H]6C(OC([C@H](O)C(C)(C)O)C[C@H]6C)[C@H](O)[C@@]3(C)C5CC[C@H]4C2(C)C)C1. The molecule has 1 amide bonds. The lowest BCUT2D eigenvalue weighted by Gasteiger charge is -2.64. The maximum Gasteiger partial charge on any atom is 0.222 e. The van der Waals surface area contributed by atoms with Gasteiger partial charge in [-0.15, -0.1) is 0 Å². The van der Waals surface area contributed by atoms with Gasteiger partial charge in [0.15, 0.2) is 6.29 Å². The third-order valence-corrected chi connectivity index (χ3v) is 15.8. The smallest absolute Gasteiger partial charge is 0.222 e. The summed E-state index contributed by atoms with van der Waals surface area (Å²) in [6, 6.07) is 0. The fourth-order valence-electron chi connectivity index (χ4n) is 13.5. The molecule has 3 N–H and O–H groups in total. The number of fused-ring (bicyclic) bond motifs is 4. The van der Waals surface area contributed by atoms with Gasteiger partial charge in [0.2, 0.25) is 5.91 Å². The first-order valence-corrected chi connectivity index (χ1v) is 18.3. The Morgan fingerprint density at radius 1 is 1.07 bits per heavy atom. The largest absolute Gasteiger partial charge is 0.390 e. The molecule has 0 aromatic carbocycles. The van der Waals surface area contributed by atoms with Crippen molar-refractivity contribution in [2.24, 2.45) is 50.7 Å². The zero-order chi connectivity index (χ0) is 32.5. The number of ether oxygens (including phenoxy) is 3. The lowest BCUT2D eigenvalue weighted by Crippen LogP contribution is -2.60. The Labute approximate surface area is 270 Å². The average Bonchev–Trinajstić information content (AvgIpc) is 3.62. The molecular formula is C37H61NO7. The van der Waals surface area contributed by atoms with Gasteiger partial charge in [-0.2, -0.15) is 0 Å². The topological polar surface area (TPSA) is 109 Å². The van der Waals surface area contributed by atoms with E-state index in [1.807, 2.05) is 11.8 Å². The molecule has 7 fully saturated rings. The second-order valence-electron chi connectivity index (χ2n) is 18.3. The van der Waals surface area contributed by atoms with Crippen LogP contribution in [0.4, 0.5) is 0 Å². The van der Waals surface area contributed by atoms with Crippen molar-refractivity contribution in [2.75, 3.05) is 19.7 Å². The lowest BCUT2D eigenvalue weighted by molar-refractivity contribution is -0.248. The van der Waals surface area contributed by atoms with Gasteiger partial charge in [-0.1, -0.05) is 41.5 Å². The second-order valence-corrected chi connectivity index (χ2v) is 18.3. The van der Waals surface area contributed by atoms with Gasteiger partial charge in [-0.05, 0) is 111 Å². The molecule has 8 nitrogen and oxygen atoms in total. The monoisotopic (exact) mass is 631 g/mol. The highest BCUT2D eigenvalue weighted by atomic mass is 16.7. The zero-order valence-electron chi connectivity index (χ0n) is 29.2. The summed E-state index contributed by atoms with van der Waals surface area (Å²) in [6.07, 6.45) is 6.62. The Morgan fingerprint density at radius 3 is 2.44 bits per heavy atom. The lowest BCUT2D eigenvalue weighted by atomic mass is 9.41. The van der Waals surface area contributed by atoms with Gasteiger partial charge in [-0.25, -0.2) is 0 Å². The number of morpholine rings is 1. The molecule has 2 saturated heterocycles. The van der Waals surface area contributed by atoms with Crippen molar-refractivity contribution in [3.63, 3.8) is 0 Å². The van der Waals surface area contributed by atoms with Gasteiger partial charge in [-0.3, -0.25) is 4.79 Å². The minimum Gasteiger partial charge on any atom is -0.390 e. The van der Waals surface area contributed by atoms with Crippen LogP contribution in [0.25, 0.3) is 0 Å². The molecule has 0 bridgehead atoms. The van der Waals surface area contributed by atoms with Crippen LogP contribution in [0.3, 0.4) is 0 Å². The minimum absolute atomic E-state index is 0.00482. The van der Waals surface area contributed by atoms with E-state index in [2.05, 4.69) is 34.6 Å². The molecule has 5 saturated carbocycles. The van der Waals surface area contributed by atoms with Crippen molar-refractivity contribution in [3.8, 4) is 0 Å². The number of hydrogen-bond acceptors (Lipinski definition) is 7. The third-order valence-electron chi connectivity index (χ3n) is 15.8. The van der Waals surface area contributed by atoms with Gasteiger partial charge in [0, 0.05) is 18.4 Å². The van der Waals surface area contributed by atoms with Crippen LogP contribution in [-0.4, -0.2) is 88.2 Å². The molecule has 8 heteroatoms. The van der Waals surface area contributed by atoms with Gasteiger partial charge in [0.1, 0.15) is 6.10 Å². The van der Waals surface area contributed by atoms with Crippen LogP contribution in [-0.2, 0) is 19.0 Å². The molecule has 7 aliphatic rings. The first-order valence-electron chi connectivity index (χ1n) is 18.3. The number of carbonyl (C=O) groups excluding carboxylic acids is 1. The molecule has 2 spiro atoms. The summed E-state index contributed by atoms with van der Waals surface area (Å²) < 4.78 is 19.5. The first-order chi connectivity index (χ1) is 21.0. The number of amides is 1. The molecule has 0 aromatic heterocycles. The van der Waals surface area contributed by atoms with E-state index in [0.29, 0.717) is 55.7 Å². The first kappa shape index (κ1) is 32.8. The normalized spacial score (nSPS) is 52.5. The van der Waals surface area contributed by atoms with E-state index in [1.54, 1.807) is 13.8 Å². The number of rotatable bonds is 5. The molecule has 45 heavy (non-hydrogen) atoms. The van der Waals surface area contributed by atoms with Crippen LogP contribution < -0.4 is 0 Å². The highest BCUT2D eigenvalue weighted by Gasteiger charge is 2.84. The van der Waals surface area contributed by atoms with Crippen molar-refractivity contribution < 1.29 is 34.3 Å². The van der Waals surface area contributed by atoms with Gasteiger partial charge >= 0.3 is 0 Å². The second kappa shape index (κ2) is 10.4. The summed E-state index contributed by atoms with van der Waals surface area (Å²) in [5.74, 6) is 1.71. The molecule has 5 aliphatic carbocycles. The van der Waals surface area contributed by atoms with E-state index in [4.69, 9.17) is 14.2 Å². The molecule has 14 atom stereocenters. The van der Waals surface area contributed by atoms with Crippen LogP contribution in [0.5, 0.6) is 0 Å². The summed E-state index contributed by atoms with van der Waals surface area (Å²) in [4.78, 5) is 14.3. The number of nitrogens with zero attached hydrogens (tertiary/aromatic N) is 1. The van der Waals surface area contributed by atoms with E-state index < -0.39 is 23.9 Å². The maximum atomic E-state index is 12.4. The number of aliphatic hydroxyl groups excluding tert-OH is 2. The van der Waals surface area contributed by atoms with Crippen molar-refractivity contribution in [2.45, 2.75) is 156 Å². The van der Waals surface area contributed by atoms with Crippen LogP contribution >= 0.6 is 0 Å². The Morgan fingerprint density at radius 2 is 1.76 bits per heavy atom. The van der Waals surface area contributed by atoms with E-state index >= 15 is 0 Å². The van der Waals surface area contributed by atoms with E-state index in [9.17, 15) is 20.1 Å². The number of carbonyl (C=O) groups is 1. The Balaban J connectivity index is 1.12. The number of hydrogen-bond donors (Lipinski definition) is 3. The predicted molar refractivity (Wildman–Crippen MR) is 170 cm³/mol. The van der Waals surface area contributed by atoms with Crippen LogP contribution in [0.1, 0.15) is 113 Å². The van der Waals surface area contributed by atoms with E-state index in [-0.39, 0.29) is 52.0 Å².